The summed E-state index contributed by atoms with van der Waals surface area (Å²) in [5.41, 5.74) is 7.01. The molecule has 1 heterocycles. The molecule has 1 aromatic heterocycles. The SMILES string of the molecule is COCC(N)CCc1ccnn1C. The topological polar surface area (TPSA) is 53.1 Å². The molecule has 0 amide bonds. The number of rotatable bonds is 5. The Balaban J connectivity index is 2.30. The summed E-state index contributed by atoms with van der Waals surface area (Å²) in [6.07, 6.45) is 3.70. The third kappa shape index (κ3) is 3.16. The summed E-state index contributed by atoms with van der Waals surface area (Å²) >= 11 is 0. The first-order chi connectivity index (χ1) is 6.24. The van der Waals surface area contributed by atoms with Gasteiger partial charge >= 0.3 is 0 Å². The zero-order chi connectivity index (χ0) is 9.68. The summed E-state index contributed by atoms with van der Waals surface area (Å²) in [7, 11) is 3.61. The second kappa shape index (κ2) is 4.99. The van der Waals surface area contributed by atoms with Gasteiger partial charge in [-0.05, 0) is 18.9 Å². The van der Waals surface area contributed by atoms with Crippen LogP contribution in [0.1, 0.15) is 12.1 Å². The molecular weight excluding hydrogens is 166 g/mol. The van der Waals surface area contributed by atoms with Crippen LogP contribution in [0, 0.1) is 0 Å². The van der Waals surface area contributed by atoms with Crippen molar-refractivity contribution < 1.29 is 4.74 Å². The zero-order valence-corrected chi connectivity index (χ0v) is 8.23. The van der Waals surface area contributed by atoms with Gasteiger partial charge in [0.1, 0.15) is 0 Å². The van der Waals surface area contributed by atoms with Crippen molar-refractivity contribution in [2.75, 3.05) is 13.7 Å². The normalized spacial score (nSPS) is 13.2. The number of nitrogens with zero attached hydrogens (tertiary/aromatic N) is 2. The van der Waals surface area contributed by atoms with Crippen LogP contribution in [-0.2, 0) is 18.2 Å². The number of hydrogen-bond donors (Lipinski definition) is 1. The van der Waals surface area contributed by atoms with Crippen molar-refractivity contribution in [2.24, 2.45) is 12.8 Å². The first-order valence-electron chi connectivity index (χ1n) is 4.45. The van der Waals surface area contributed by atoms with Crippen LogP contribution in [0.25, 0.3) is 0 Å². The molecular formula is C9H17N3O. The Kier molecular flexibility index (Phi) is 3.92. The molecule has 0 fully saturated rings. The third-order valence-electron chi connectivity index (χ3n) is 2.07. The molecule has 0 aliphatic rings. The minimum atomic E-state index is 0.125. The Morgan fingerprint density at radius 1 is 1.69 bits per heavy atom. The van der Waals surface area contributed by atoms with E-state index >= 15 is 0 Å². The highest BCUT2D eigenvalue weighted by molar-refractivity contribution is 5.00. The van der Waals surface area contributed by atoms with Gasteiger partial charge in [-0.3, -0.25) is 4.68 Å². The molecule has 2 N–H and O–H groups in total. The molecule has 0 spiro atoms. The summed E-state index contributed by atoms with van der Waals surface area (Å²) in [6, 6.07) is 2.14. The molecule has 0 saturated carbocycles. The Morgan fingerprint density at radius 3 is 3.00 bits per heavy atom. The molecule has 0 aromatic carbocycles. The van der Waals surface area contributed by atoms with Gasteiger partial charge in [0.2, 0.25) is 0 Å². The second-order valence-corrected chi connectivity index (χ2v) is 3.20. The van der Waals surface area contributed by atoms with Gasteiger partial charge in [-0.15, -0.1) is 0 Å². The number of nitrogens with two attached hydrogens (primary N) is 1. The molecule has 0 bridgehead atoms. The van der Waals surface area contributed by atoms with Crippen molar-refractivity contribution >= 4 is 0 Å². The lowest BCUT2D eigenvalue weighted by Gasteiger charge is -2.09. The smallest absolute Gasteiger partial charge is 0.0613 e. The zero-order valence-electron chi connectivity index (χ0n) is 8.23. The lowest BCUT2D eigenvalue weighted by Crippen LogP contribution is -2.26. The van der Waals surface area contributed by atoms with E-state index in [-0.39, 0.29) is 6.04 Å². The summed E-state index contributed by atoms with van der Waals surface area (Å²) in [4.78, 5) is 0. The fourth-order valence-electron chi connectivity index (χ4n) is 1.28. The Bertz CT molecular complexity index is 247. The second-order valence-electron chi connectivity index (χ2n) is 3.20. The molecule has 4 heteroatoms. The fourth-order valence-corrected chi connectivity index (χ4v) is 1.28. The third-order valence-corrected chi connectivity index (χ3v) is 2.07. The lowest BCUT2D eigenvalue weighted by molar-refractivity contribution is 0.177. The van der Waals surface area contributed by atoms with Crippen LogP contribution in [0.3, 0.4) is 0 Å². The van der Waals surface area contributed by atoms with E-state index in [2.05, 4.69) is 5.10 Å². The van der Waals surface area contributed by atoms with Gasteiger partial charge in [-0.2, -0.15) is 5.10 Å². The van der Waals surface area contributed by atoms with Crippen LogP contribution < -0.4 is 5.73 Å². The predicted molar refractivity (Wildman–Crippen MR) is 51.4 cm³/mol. The Hall–Kier alpha value is -0.870. The summed E-state index contributed by atoms with van der Waals surface area (Å²) < 4.78 is 6.83. The Morgan fingerprint density at radius 2 is 2.46 bits per heavy atom. The minimum absolute atomic E-state index is 0.125. The maximum absolute atomic E-state index is 5.80. The van der Waals surface area contributed by atoms with Crippen molar-refractivity contribution in [3.8, 4) is 0 Å². The van der Waals surface area contributed by atoms with Crippen LogP contribution in [0.4, 0.5) is 0 Å². The number of hydrogen-bond acceptors (Lipinski definition) is 3. The van der Waals surface area contributed by atoms with Crippen LogP contribution in [-0.4, -0.2) is 29.5 Å². The van der Waals surface area contributed by atoms with Crippen LogP contribution in [0.2, 0.25) is 0 Å². The molecule has 1 unspecified atom stereocenters. The monoisotopic (exact) mass is 183 g/mol. The lowest BCUT2D eigenvalue weighted by atomic mass is 10.1. The summed E-state index contributed by atoms with van der Waals surface area (Å²) in [6.45, 7) is 0.623. The van der Waals surface area contributed by atoms with Crippen molar-refractivity contribution in [3.63, 3.8) is 0 Å². The van der Waals surface area contributed by atoms with Gasteiger partial charge in [0.05, 0.1) is 6.61 Å². The van der Waals surface area contributed by atoms with E-state index in [1.165, 1.54) is 5.69 Å². The summed E-state index contributed by atoms with van der Waals surface area (Å²) in [5.74, 6) is 0. The fraction of sp³-hybridized carbons (Fsp3) is 0.667. The van der Waals surface area contributed by atoms with E-state index < -0.39 is 0 Å². The van der Waals surface area contributed by atoms with E-state index in [4.69, 9.17) is 10.5 Å². The average Bonchev–Trinajstić information content (AvgIpc) is 2.48. The van der Waals surface area contributed by atoms with Crippen LogP contribution in [0.15, 0.2) is 12.3 Å². The first-order valence-corrected chi connectivity index (χ1v) is 4.45. The van der Waals surface area contributed by atoms with Gasteiger partial charge in [0.25, 0.3) is 0 Å². The quantitative estimate of drug-likeness (QED) is 0.715. The van der Waals surface area contributed by atoms with Gasteiger partial charge in [-0.1, -0.05) is 0 Å². The number of methoxy groups -OCH3 is 1. The molecule has 0 aliphatic carbocycles. The number of aryl methyl sites for hydroxylation is 2. The molecule has 4 nitrogen and oxygen atoms in total. The highest BCUT2D eigenvalue weighted by atomic mass is 16.5. The maximum Gasteiger partial charge on any atom is 0.0613 e. The van der Waals surface area contributed by atoms with E-state index in [1.807, 2.05) is 17.8 Å². The number of ether oxygens (including phenoxy) is 1. The van der Waals surface area contributed by atoms with Crippen molar-refractivity contribution in [3.05, 3.63) is 18.0 Å². The molecule has 0 aliphatic heterocycles. The molecule has 1 rings (SSSR count). The first kappa shape index (κ1) is 10.2. The van der Waals surface area contributed by atoms with Gasteiger partial charge < -0.3 is 10.5 Å². The highest BCUT2D eigenvalue weighted by Crippen LogP contribution is 2.02. The largest absolute Gasteiger partial charge is 0.383 e. The minimum Gasteiger partial charge on any atom is -0.383 e. The van der Waals surface area contributed by atoms with E-state index in [1.54, 1.807) is 13.3 Å². The maximum atomic E-state index is 5.80. The van der Waals surface area contributed by atoms with E-state index in [9.17, 15) is 0 Å². The van der Waals surface area contributed by atoms with Gasteiger partial charge in [-0.25, -0.2) is 0 Å². The standard InChI is InChI=1S/C9H17N3O/c1-12-9(5-6-11-12)4-3-8(10)7-13-2/h5-6,8H,3-4,7,10H2,1-2H3. The molecule has 1 atom stereocenters. The molecule has 13 heavy (non-hydrogen) atoms. The molecule has 1 aromatic rings. The van der Waals surface area contributed by atoms with Crippen LogP contribution >= 0.6 is 0 Å². The van der Waals surface area contributed by atoms with E-state index in [0.717, 1.165) is 12.8 Å². The van der Waals surface area contributed by atoms with Crippen molar-refractivity contribution in [1.82, 2.24) is 9.78 Å². The number of aromatic nitrogens is 2. The van der Waals surface area contributed by atoms with Crippen molar-refractivity contribution in [2.45, 2.75) is 18.9 Å². The van der Waals surface area contributed by atoms with E-state index in [0.29, 0.717) is 6.61 Å². The van der Waals surface area contributed by atoms with Gasteiger partial charge in [0.15, 0.2) is 0 Å². The van der Waals surface area contributed by atoms with Crippen molar-refractivity contribution in [1.29, 1.82) is 0 Å². The molecule has 0 radical (unpaired) electrons. The van der Waals surface area contributed by atoms with Gasteiger partial charge in [0, 0.05) is 32.1 Å². The average molecular weight is 183 g/mol. The highest BCUT2D eigenvalue weighted by Gasteiger charge is 2.04. The predicted octanol–water partition coefficient (Wildman–Crippen LogP) is 0.326. The molecule has 74 valence electrons. The van der Waals surface area contributed by atoms with Crippen LogP contribution in [0.5, 0.6) is 0 Å². The Labute approximate surface area is 78.7 Å². The summed E-state index contributed by atoms with van der Waals surface area (Å²) in [5, 5.41) is 4.09. The molecule has 0 saturated heterocycles.